The van der Waals surface area contributed by atoms with Gasteiger partial charge in [0, 0.05) is 32.1 Å². The van der Waals surface area contributed by atoms with E-state index >= 15 is 0 Å². The number of phenols is 1. The molecule has 626 valence electrons. The van der Waals surface area contributed by atoms with Crippen LogP contribution >= 0.6 is 0 Å². The van der Waals surface area contributed by atoms with E-state index in [1.807, 2.05) is 10.6 Å². The number of amides is 15. The van der Waals surface area contributed by atoms with Crippen molar-refractivity contribution in [2.24, 2.45) is 23.3 Å². The standard InChI is InChI=1S/C69H102N16O28/c1-32(2)22-42(60(104)75-41(18-21-53(98)99)59(103)73-26-50(94)74-38(28-86)14-19-49(71)93)76-61(105)43(24-37-12-15-39(92)16-13-37)77-64(108)46(29-87)80-66(110)48(31-89)81-67(111)55(33(3)4)84-63(107)45(25-54(100)101)78-65(109)47(30-88)82-69(113)57(35(6)91)85-62(106)44(23-36-10-8-7-9-11-36)79-68(112)56(34(5)90)83-51(95)27-72-58(102)40(70)17-20-52(96)97/h7-13,15-16,28,32-35,38,40-48,55-57,87-92H,14,17-27,29-31,70H2,1-6H3,(H2,71,93)(H,72,102)(H,73,103)(H,74,94)(H,75,104)(H,76,105)(H,77,108)(H,78,109)(H,79,112)(H,80,110)(H,81,111)(H,82,113)(H,83,95)(H,84,107)(H,85,106)(H,96,97)(H,98,99)(H,100,101)/t34-,35-,38+,40+,41+,42+,43+,44+,45+,46+,47+,48+,55+,56+,57+/m1/s1. The molecule has 0 bridgehead atoms. The molecular formula is C69H102N16O28. The minimum atomic E-state index is -2.17. The molecule has 0 heterocycles. The number of hydrogen-bond acceptors (Lipinski definition) is 26. The van der Waals surface area contributed by atoms with Gasteiger partial charge in [-0.1, -0.05) is 70.2 Å². The molecule has 0 saturated heterocycles. The second-order valence-corrected chi connectivity index (χ2v) is 26.8. The molecule has 0 aliphatic heterocycles. The Hall–Kier alpha value is -11.9. The van der Waals surface area contributed by atoms with Crippen molar-refractivity contribution in [3.63, 3.8) is 0 Å². The molecule has 113 heavy (non-hydrogen) atoms. The third kappa shape index (κ3) is 36.2. The lowest BCUT2D eigenvalue weighted by Crippen LogP contribution is -2.63. The molecular weight excluding hydrogens is 1500 g/mol. The van der Waals surface area contributed by atoms with Crippen molar-refractivity contribution >= 4 is 113 Å². The van der Waals surface area contributed by atoms with E-state index in [1.165, 1.54) is 50.2 Å². The number of nitrogens with one attached hydrogen (secondary N) is 14. The number of aldehydes is 1. The summed E-state index contributed by atoms with van der Waals surface area (Å²) in [7, 11) is 0. The van der Waals surface area contributed by atoms with Crippen LogP contribution in [0.5, 0.6) is 5.75 Å². The van der Waals surface area contributed by atoms with Crippen LogP contribution in [0.25, 0.3) is 0 Å². The van der Waals surface area contributed by atoms with Gasteiger partial charge in [-0.2, -0.15) is 0 Å². The lowest BCUT2D eigenvalue weighted by atomic mass is 10.00. The zero-order valence-electron chi connectivity index (χ0n) is 62.6. The van der Waals surface area contributed by atoms with Gasteiger partial charge in [-0.3, -0.25) is 86.3 Å². The zero-order chi connectivity index (χ0) is 85.5. The molecule has 2 aromatic carbocycles. The second kappa shape index (κ2) is 49.4. The summed E-state index contributed by atoms with van der Waals surface area (Å²) in [5.41, 5.74) is 11.4. The average Bonchev–Trinajstić information content (AvgIpc) is 0.843. The van der Waals surface area contributed by atoms with Crippen LogP contribution in [0.2, 0.25) is 0 Å². The number of carboxylic acid groups (broad SMARTS) is 3. The van der Waals surface area contributed by atoms with Crippen LogP contribution in [0.3, 0.4) is 0 Å². The molecule has 2 rings (SSSR count). The van der Waals surface area contributed by atoms with Crippen molar-refractivity contribution in [1.29, 1.82) is 0 Å². The van der Waals surface area contributed by atoms with E-state index in [9.17, 15) is 132 Å². The predicted octanol–water partition coefficient (Wildman–Crippen LogP) is -10.3. The number of aliphatic hydroxyl groups is 5. The van der Waals surface area contributed by atoms with Gasteiger partial charge >= 0.3 is 17.9 Å². The van der Waals surface area contributed by atoms with Crippen molar-refractivity contribution in [1.82, 2.24) is 74.4 Å². The monoisotopic (exact) mass is 1600 g/mol. The van der Waals surface area contributed by atoms with Gasteiger partial charge in [0.2, 0.25) is 88.6 Å². The summed E-state index contributed by atoms with van der Waals surface area (Å²) in [5.74, 6) is -23.6. The summed E-state index contributed by atoms with van der Waals surface area (Å²) < 4.78 is 0. The van der Waals surface area contributed by atoms with Crippen molar-refractivity contribution in [3.8, 4) is 5.75 Å². The number of benzene rings is 2. The first-order valence-electron chi connectivity index (χ1n) is 35.4. The first kappa shape index (κ1) is 97.2. The maximum Gasteiger partial charge on any atom is 0.305 e. The van der Waals surface area contributed by atoms with E-state index in [4.69, 9.17) is 16.6 Å². The van der Waals surface area contributed by atoms with Gasteiger partial charge in [-0.05, 0) is 74.6 Å². The van der Waals surface area contributed by atoms with Gasteiger partial charge in [0.25, 0.3) is 0 Å². The van der Waals surface area contributed by atoms with Crippen molar-refractivity contribution in [2.75, 3.05) is 32.9 Å². The largest absolute Gasteiger partial charge is 0.508 e. The molecule has 0 spiro atoms. The Kier molecular flexibility index (Phi) is 42.5. The Labute approximate surface area is 646 Å². The van der Waals surface area contributed by atoms with Crippen molar-refractivity contribution < 1.29 is 137 Å². The van der Waals surface area contributed by atoms with Crippen LogP contribution in [0.1, 0.15) is 104 Å². The summed E-state index contributed by atoms with van der Waals surface area (Å²) in [6, 6.07) is -10.3. The fraction of sp³-hybridized carbons (Fsp3) is 0.551. The quantitative estimate of drug-likeness (QED) is 0.0274. The number of nitrogens with two attached hydrogens (primary N) is 2. The molecule has 0 aromatic heterocycles. The van der Waals surface area contributed by atoms with E-state index in [2.05, 4.69) is 63.8 Å². The molecule has 0 fully saturated rings. The van der Waals surface area contributed by atoms with Crippen LogP contribution in [0.4, 0.5) is 0 Å². The molecule has 0 unspecified atom stereocenters. The minimum absolute atomic E-state index is 0.169. The second-order valence-electron chi connectivity index (χ2n) is 26.8. The van der Waals surface area contributed by atoms with Gasteiger partial charge < -0.3 is 137 Å². The molecule has 0 aliphatic carbocycles. The maximum atomic E-state index is 14.3. The van der Waals surface area contributed by atoms with Gasteiger partial charge in [0.1, 0.15) is 78.5 Å². The molecule has 27 N–H and O–H groups in total. The Bertz CT molecular complexity index is 3640. The summed E-state index contributed by atoms with van der Waals surface area (Å²) >= 11 is 0. The molecule has 0 saturated carbocycles. The number of carbonyl (C=O) groups excluding carboxylic acids is 16. The summed E-state index contributed by atoms with van der Waals surface area (Å²) in [6.45, 7) is 2.60. The number of rotatable bonds is 52. The highest BCUT2D eigenvalue weighted by molar-refractivity contribution is 6.01. The lowest BCUT2D eigenvalue weighted by molar-refractivity contribution is -0.142. The van der Waals surface area contributed by atoms with Gasteiger partial charge in [0.15, 0.2) is 0 Å². The first-order valence-corrected chi connectivity index (χ1v) is 35.4. The molecule has 15 atom stereocenters. The van der Waals surface area contributed by atoms with E-state index < -0.39 is 274 Å². The highest BCUT2D eigenvalue weighted by atomic mass is 16.4. The van der Waals surface area contributed by atoms with Crippen LogP contribution < -0.4 is 85.9 Å². The van der Waals surface area contributed by atoms with Crippen LogP contribution in [0, 0.1) is 11.8 Å². The number of aliphatic carboxylic acids is 3. The van der Waals surface area contributed by atoms with Gasteiger partial charge in [0.05, 0.1) is 63.6 Å². The maximum absolute atomic E-state index is 14.3. The third-order valence-corrected chi connectivity index (χ3v) is 16.5. The fourth-order valence-corrected chi connectivity index (χ4v) is 10.3. The Balaban J connectivity index is 2.36. The van der Waals surface area contributed by atoms with E-state index in [-0.39, 0.29) is 43.4 Å². The van der Waals surface area contributed by atoms with E-state index in [0.717, 1.165) is 13.8 Å². The topological polar surface area (TPSA) is 727 Å². The van der Waals surface area contributed by atoms with E-state index in [0.29, 0.717) is 11.8 Å². The minimum Gasteiger partial charge on any atom is -0.508 e. The number of primary amides is 1. The SMILES string of the molecule is CC(C)C[C@H](NC(=O)[C@H](Cc1ccc(O)cc1)NC(=O)[C@H](CO)NC(=O)[C@H](CO)NC(=O)[C@@H](NC(=O)[C@H](CC(=O)O)NC(=O)[C@H](CO)NC(=O)[C@@H](NC(=O)[C@H](Cc1ccccc1)NC(=O)[C@@H](NC(=O)CNC(=O)[C@@H](N)CCC(=O)O)[C@@H](C)O)[C@@H](C)O)C(C)C)C(=O)N[C@@H](CCC(=O)O)C(=O)NCC(=O)N[C@H](C=O)CCC(N)=O. The highest BCUT2D eigenvalue weighted by Gasteiger charge is 2.39. The lowest BCUT2D eigenvalue weighted by Gasteiger charge is -2.29. The van der Waals surface area contributed by atoms with Crippen molar-refractivity contribution in [2.45, 2.75) is 197 Å². The molecule has 44 nitrogen and oxygen atoms in total. The number of carboxylic acids is 3. The zero-order valence-corrected chi connectivity index (χ0v) is 62.6. The van der Waals surface area contributed by atoms with E-state index in [1.54, 1.807) is 32.0 Å². The molecule has 0 radical (unpaired) electrons. The number of aliphatic hydroxyl groups excluding tert-OH is 5. The summed E-state index contributed by atoms with van der Waals surface area (Å²) in [5, 5.41) is 122. The van der Waals surface area contributed by atoms with Crippen LogP contribution in [-0.4, -0.2) is 282 Å². The normalized spacial score (nSPS) is 15.0. The predicted molar refractivity (Wildman–Crippen MR) is 389 cm³/mol. The van der Waals surface area contributed by atoms with Crippen LogP contribution in [-0.2, 0) is 104 Å². The number of hydrogen-bond donors (Lipinski definition) is 25. The number of phenolic OH excluding ortho intramolecular Hbond substituents is 1. The fourth-order valence-electron chi connectivity index (χ4n) is 10.3. The first-order chi connectivity index (χ1) is 53.0. The smallest absolute Gasteiger partial charge is 0.305 e. The molecule has 0 aliphatic rings. The number of carbonyl (C=O) groups is 19. The Morgan fingerprint density at radius 2 is 0.779 bits per heavy atom. The van der Waals surface area contributed by atoms with Crippen LogP contribution in [0.15, 0.2) is 54.6 Å². The average molecular weight is 1600 g/mol. The summed E-state index contributed by atoms with van der Waals surface area (Å²) in [4.78, 5) is 248. The third-order valence-electron chi connectivity index (χ3n) is 16.5. The van der Waals surface area contributed by atoms with Gasteiger partial charge in [-0.15, -0.1) is 0 Å². The van der Waals surface area contributed by atoms with Crippen molar-refractivity contribution in [3.05, 3.63) is 65.7 Å². The highest BCUT2D eigenvalue weighted by Crippen LogP contribution is 2.15. The molecule has 15 amide bonds. The number of aromatic hydroxyl groups is 1. The Morgan fingerprint density at radius 1 is 0.398 bits per heavy atom. The van der Waals surface area contributed by atoms with Gasteiger partial charge in [-0.25, -0.2) is 0 Å². The Morgan fingerprint density at radius 3 is 1.24 bits per heavy atom. The summed E-state index contributed by atoms with van der Waals surface area (Å²) in [6.07, 6.45) is -7.89. The molecule has 44 heteroatoms. The molecule has 2 aromatic rings.